The average molecular weight is 301 g/mol. The predicted octanol–water partition coefficient (Wildman–Crippen LogP) is 7.26. The van der Waals surface area contributed by atoms with Crippen LogP contribution in [0.3, 0.4) is 0 Å². The van der Waals surface area contributed by atoms with E-state index in [2.05, 4.69) is 13.8 Å². The molecular weight excluding hydrogens is 256 g/mol. The van der Waals surface area contributed by atoms with Gasteiger partial charge in [0, 0.05) is 6.10 Å². The quantitative estimate of drug-likeness (QED) is 0.334. The molecule has 130 valence electrons. The van der Waals surface area contributed by atoms with Crippen molar-refractivity contribution in [2.45, 2.75) is 130 Å². The molecule has 0 fully saturated rings. The zero-order valence-corrected chi connectivity index (χ0v) is 15.6. The molecule has 0 rings (SSSR count). The molecule has 1 N–H and O–H groups in total. The van der Waals surface area contributed by atoms with Crippen molar-refractivity contribution in [3.63, 3.8) is 0 Å². The molecule has 0 atom stereocenters. The first-order valence-corrected chi connectivity index (χ1v) is 9.83. The monoisotopic (exact) mass is 300 g/mol. The number of aliphatic hydroxyl groups is 1. The van der Waals surface area contributed by atoms with Crippen molar-refractivity contribution in [3.05, 3.63) is 0 Å². The fourth-order valence-corrected chi connectivity index (χ4v) is 2.44. The maximum atomic E-state index is 8.06. The standard InChI is InChI=1S/C17H36.C3H8O/c1-3-5-7-9-11-13-15-17-16-14-12-10-8-6-4-2;1-3(2)4/h3-17H2,1-2H3;3-4H,1-2H3. The summed E-state index contributed by atoms with van der Waals surface area (Å²) in [5.41, 5.74) is 0. The SMILES string of the molecule is CC(C)O.CCCCCCCCCCCCCCCCC. The normalized spacial score (nSPS) is 10.6. The minimum Gasteiger partial charge on any atom is -0.394 e. The molecule has 0 saturated carbocycles. The molecule has 0 aromatic rings. The topological polar surface area (TPSA) is 20.2 Å². The van der Waals surface area contributed by atoms with Gasteiger partial charge in [-0.25, -0.2) is 0 Å². The summed E-state index contributed by atoms with van der Waals surface area (Å²) in [6.07, 6.45) is 21.7. The van der Waals surface area contributed by atoms with Crippen LogP contribution in [-0.4, -0.2) is 11.2 Å². The lowest BCUT2D eigenvalue weighted by molar-refractivity contribution is 0.216. The number of rotatable bonds is 14. The molecule has 0 radical (unpaired) electrons. The van der Waals surface area contributed by atoms with Crippen LogP contribution in [0.1, 0.15) is 124 Å². The Bertz CT molecular complexity index is 137. The summed E-state index contributed by atoms with van der Waals surface area (Å²) in [4.78, 5) is 0. The molecule has 0 heterocycles. The maximum absolute atomic E-state index is 8.06. The number of hydrogen-bond acceptors (Lipinski definition) is 1. The highest BCUT2D eigenvalue weighted by Gasteiger charge is 1.93. The third-order valence-corrected chi connectivity index (χ3v) is 3.71. The lowest BCUT2D eigenvalue weighted by atomic mass is 10.0. The van der Waals surface area contributed by atoms with E-state index < -0.39 is 0 Å². The van der Waals surface area contributed by atoms with E-state index in [0.29, 0.717) is 0 Å². The molecule has 0 aliphatic carbocycles. The first-order valence-electron chi connectivity index (χ1n) is 9.83. The second-order valence-electron chi connectivity index (χ2n) is 6.69. The Balaban J connectivity index is 0. The lowest BCUT2D eigenvalue weighted by Crippen LogP contribution is -1.85. The first kappa shape index (κ1) is 23.2. The van der Waals surface area contributed by atoms with Gasteiger partial charge in [0.2, 0.25) is 0 Å². The third kappa shape index (κ3) is 33.0. The molecule has 0 unspecified atom stereocenters. The molecule has 21 heavy (non-hydrogen) atoms. The van der Waals surface area contributed by atoms with Crippen molar-refractivity contribution in [3.8, 4) is 0 Å². The predicted molar refractivity (Wildman–Crippen MR) is 98.0 cm³/mol. The summed E-state index contributed by atoms with van der Waals surface area (Å²) in [7, 11) is 0. The highest BCUT2D eigenvalue weighted by molar-refractivity contribution is 4.48. The van der Waals surface area contributed by atoms with Crippen LogP contribution < -0.4 is 0 Å². The van der Waals surface area contributed by atoms with Crippen molar-refractivity contribution in [1.29, 1.82) is 0 Å². The smallest absolute Gasteiger partial charge is 0.0483 e. The van der Waals surface area contributed by atoms with E-state index >= 15 is 0 Å². The molecule has 0 saturated heterocycles. The Labute approximate surface area is 135 Å². The van der Waals surface area contributed by atoms with Crippen LogP contribution in [0, 0.1) is 0 Å². The van der Waals surface area contributed by atoms with Crippen molar-refractivity contribution < 1.29 is 5.11 Å². The van der Waals surface area contributed by atoms with Gasteiger partial charge in [0.1, 0.15) is 0 Å². The molecule has 0 amide bonds. The number of aliphatic hydroxyl groups excluding tert-OH is 1. The summed E-state index contributed by atoms with van der Waals surface area (Å²) in [6.45, 7) is 8.03. The summed E-state index contributed by atoms with van der Waals surface area (Å²) in [5.74, 6) is 0. The highest BCUT2D eigenvalue weighted by atomic mass is 16.3. The minimum absolute atomic E-state index is 0.167. The second-order valence-corrected chi connectivity index (χ2v) is 6.69. The van der Waals surface area contributed by atoms with Gasteiger partial charge in [-0.15, -0.1) is 0 Å². The van der Waals surface area contributed by atoms with E-state index in [1.165, 1.54) is 96.3 Å². The second kappa shape index (κ2) is 22.2. The fourth-order valence-electron chi connectivity index (χ4n) is 2.44. The zero-order valence-electron chi connectivity index (χ0n) is 15.6. The minimum atomic E-state index is -0.167. The fraction of sp³-hybridized carbons (Fsp3) is 1.00. The van der Waals surface area contributed by atoms with Crippen LogP contribution in [0.25, 0.3) is 0 Å². The maximum Gasteiger partial charge on any atom is 0.0483 e. The number of unbranched alkanes of at least 4 members (excludes halogenated alkanes) is 14. The molecule has 0 aliphatic heterocycles. The number of hydrogen-bond donors (Lipinski definition) is 1. The van der Waals surface area contributed by atoms with E-state index in [1.807, 2.05) is 0 Å². The molecule has 0 spiro atoms. The largest absolute Gasteiger partial charge is 0.394 e. The summed E-state index contributed by atoms with van der Waals surface area (Å²) < 4.78 is 0. The average Bonchev–Trinajstić information content (AvgIpc) is 2.43. The molecule has 1 nitrogen and oxygen atoms in total. The van der Waals surface area contributed by atoms with Crippen molar-refractivity contribution in [2.75, 3.05) is 0 Å². The van der Waals surface area contributed by atoms with Crippen LogP contribution in [0.2, 0.25) is 0 Å². The summed E-state index contributed by atoms with van der Waals surface area (Å²) in [5, 5.41) is 8.06. The molecule has 1 heteroatoms. The van der Waals surface area contributed by atoms with E-state index in [1.54, 1.807) is 13.8 Å². The van der Waals surface area contributed by atoms with Gasteiger partial charge in [-0.05, 0) is 13.8 Å². The molecule has 0 aromatic carbocycles. The van der Waals surface area contributed by atoms with Gasteiger partial charge >= 0.3 is 0 Å². The van der Waals surface area contributed by atoms with Gasteiger partial charge < -0.3 is 5.11 Å². The van der Waals surface area contributed by atoms with E-state index in [4.69, 9.17) is 5.11 Å². The molecular formula is C20H44O. The van der Waals surface area contributed by atoms with Crippen LogP contribution in [0.4, 0.5) is 0 Å². The summed E-state index contributed by atoms with van der Waals surface area (Å²) in [6, 6.07) is 0. The first-order chi connectivity index (χ1) is 10.1. The van der Waals surface area contributed by atoms with Crippen LogP contribution in [0.15, 0.2) is 0 Å². The van der Waals surface area contributed by atoms with Crippen molar-refractivity contribution in [2.24, 2.45) is 0 Å². The van der Waals surface area contributed by atoms with E-state index in [0.717, 1.165) is 0 Å². The molecule has 0 bridgehead atoms. The summed E-state index contributed by atoms with van der Waals surface area (Å²) >= 11 is 0. The van der Waals surface area contributed by atoms with Crippen molar-refractivity contribution >= 4 is 0 Å². The van der Waals surface area contributed by atoms with Gasteiger partial charge in [0.25, 0.3) is 0 Å². The lowest BCUT2D eigenvalue weighted by Gasteiger charge is -2.02. The van der Waals surface area contributed by atoms with E-state index in [-0.39, 0.29) is 6.10 Å². The Morgan fingerprint density at radius 2 is 0.619 bits per heavy atom. The van der Waals surface area contributed by atoms with Gasteiger partial charge in [0.05, 0.1) is 0 Å². The Morgan fingerprint density at radius 3 is 0.762 bits per heavy atom. The Kier molecular flexibility index (Phi) is 24.6. The van der Waals surface area contributed by atoms with Gasteiger partial charge in [-0.3, -0.25) is 0 Å². The Hall–Kier alpha value is -0.0400. The highest BCUT2D eigenvalue weighted by Crippen LogP contribution is 2.13. The van der Waals surface area contributed by atoms with Crippen LogP contribution in [0.5, 0.6) is 0 Å². The zero-order chi connectivity index (χ0) is 16.2. The van der Waals surface area contributed by atoms with Gasteiger partial charge in [0.15, 0.2) is 0 Å². The van der Waals surface area contributed by atoms with E-state index in [9.17, 15) is 0 Å². The van der Waals surface area contributed by atoms with Gasteiger partial charge in [-0.2, -0.15) is 0 Å². The molecule has 0 aliphatic rings. The van der Waals surface area contributed by atoms with Crippen LogP contribution in [-0.2, 0) is 0 Å². The van der Waals surface area contributed by atoms with Gasteiger partial charge in [-0.1, -0.05) is 110 Å². The third-order valence-electron chi connectivity index (χ3n) is 3.71. The van der Waals surface area contributed by atoms with Crippen molar-refractivity contribution in [1.82, 2.24) is 0 Å². The molecule has 0 aromatic heterocycles. The van der Waals surface area contributed by atoms with Crippen LogP contribution >= 0.6 is 0 Å². The Morgan fingerprint density at radius 1 is 0.476 bits per heavy atom.